The molecule has 0 aliphatic rings. The van der Waals surface area contributed by atoms with Gasteiger partial charge < -0.3 is 11.5 Å². The van der Waals surface area contributed by atoms with Crippen molar-refractivity contribution in [1.29, 1.82) is 0 Å². The minimum Gasteiger partial charge on any atom is -0.398 e. The van der Waals surface area contributed by atoms with Crippen molar-refractivity contribution in [3.63, 3.8) is 0 Å². The molecular weight excluding hydrogens is 228 g/mol. The molecule has 2 rings (SSSR count). The predicted molar refractivity (Wildman–Crippen MR) is 71.7 cm³/mol. The summed E-state index contributed by atoms with van der Waals surface area (Å²) >= 11 is 0. The summed E-state index contributed by atoms with van der Waals surface area (Å²) in [6, 6.07) is 7.59. The number of hydrogen-bond donors (Lipinski definition) is 2. The van der Waals surface area contributed by atoms with Crippen LogP contribution in [0.2, 0.25) is 0 Å². The average molecular weight is 244 g/mol. The minimum absolute atomic E-state index is 0.221. The number of rotatable bonds is 4. The van der Waals surface area contributed by atoms with Crippen molar-refractivity contribution < 1.29 is 4.79 Å². The fraction of sp³-hybridized carbons (Fsp3) is 0.231. The van der Waals surface area contributed by atoms with E-state index in [2.05, 4.69) is 4.98 Å². The topological polar surface area (TPSA) is 85.2 Å². The van der Waals surface area contributed by atoms with E-state index in [1.54, 1.807) is 6.20 Å². The lowest BCUT2D eigenvalue weighted by Gasteiger charge is -2.16. The van der Waals surface area contributed by atoms with Crippen LogP contribution in [0.5, 0.6) is 0 Å². The van der Waals surface area contributed by atoms with Gasteiger partial charge >= 0.3 is 0 Å². The molecule has 0 saturated heterocycles. The lowest BCUT2D eigenvalue weighted by Crippen LogP contribution is -2.30. The Balaban J connectivity index is 2.34. The zero-order valence-corrected chi connectivity index (χ0v) is 10.3. The number of benzene rings is 1. The summed E-state index contributed by atoms with van der Waals surface area (Å²) in [7, 11) is 1.84. The Hall–Kier alpha value is -2.14. The Morgan fingerprint density at radius 2 is 2.17 bits per heavy atom. The largest absolute Gasteiger partial charge is 0.398 e. The molecule has 0 spiro atoms. The maximum Gasteiger partial charge on any atom is 0.231 e. The number of nitrogens with zero attached hydrogens (tertiary/aromatic N) is 2. The van der Waals surface area contributed by atoms with Crippen LogP contribution < -0.4 is 11.5 Å². The van der Waals surface area contributed by atoms with Gasteiger partial charge in [-0.3, -0.25) is 14.7 Å². The van der Waals surface area contributed by atoms with Gasteiger partial charge in [-0.1, -0.05) is 6.07 Å². The summed E-state index contributed by atoms with van der Waals surface area (Å²) in [5.41, 5.74) is 13.7. The molecule has 18 heavy (non-hydrogen) atoms. The number of nitrogen functional groups attached to an aromatic ring is 1. The van der Waals surface area contributed by atoms with E-state index in [0.717, 1.165) is 16.5 Å². The second-order valence-corrected chi connectivity index (χ2v) is 4.35. The molecule has 0 saturated carbocycles. The number of pyridine rings is 1. The smallest absolute Gasteiger partial charge is 0.231 e. The number of amides is 1. The Morgan fingerprint density at radius 3 is 2.89 bits per heavy atom. The molecule has 4 N–H and O–H groups in total. The molecule has 0 aliphatic carbocycles. The number of likely N-dealkylation sites (N-methyl/N-ethyl adjacent to an activating group) is 1. The third-order valence-corrected chi connectivity index (χ3v) is 2.75. The van der Waals surface area contributed by atoms with E-state index in [0.29, 0.717) is 12.2 Å². The Bertz CT molecular complexity index is 582. The number of aromatic nitrogens is 1. The molecular formula is C13H16N4O. The van der Waals surface area contributed by atoms with Crippen LogP contribution in [0.25, 0.3) is 10.9 Å². The summed E-state index contributed by atoms with van der Waals surface area (Å²) < 4.78 is 0. The maximum atomic E-state index is 10.9. The van der Waals surface area contributed by atoms with Gasteiger partial charge in [0.15, 0.2) is 0 Å². The first-order chi connectivity index (χ1) is 8.58. The number of primary amides is 1. The molecule has 0 aliphatic heterocycles. The van der Waals surface area contributed by atoms with Crippen molar-refractivity contribution in [3.05, 3.63) is 36.0 Å². The highest BCUT2D eigenvalue weighted by atomic mass is 16.1. The van der Waals surface area contributed by atoms with Crippen LogP contribution in [-0.4, -0.2) is 29.4 Å². The average Bonchev–Trinajstić information content (AvgIpc) is 2.32. The SMILES string of the molecule is CN(CC(N)=O)Cc1ccc(N)c2cccnc12. The molecule has 1 aromatic carbocycles. The molecule has 1 aromatic heterocycles. The highest BCUT2D eigenvalue weighted by molar-refractivity contribution is 5.92. The van der Waals surface area contributed by atoms with Gasteiger partial charge in [-0.2, -0.15) is 0 Å². The Kier molecular flexibility index (Phi) is 3.43. The van der Waals surface area contributed by atoms with Crippen LogP contribution in [0, 0.1) is 0 Å². The van der Waals surface area contributed by atoms with Gasteiger partial charge in [0, 0.05) is 23.8 Å². The van der Waals surface area contributed by atoms with E-state index in [1.807, 2.05) is 36.2 Å². The third kappa shape index (κ3) is 2.57. The van der Waals surface area contributed by atoms with Gasteiger partial charge in [0.05, 0.1) is 12.1 Å². The second-order valence-electron chi connectivity index (χ2n) is 4.35. The summed E-state index contributed by atoms with van der Waals surface area (Å²) in [6.07, 6.45) is 1.74. The van der Waals surface area contributed by atoms with Crippen molar-refractivity contribution in [2.24, 2.45) is 5.73 Å². The standard InChI is InChI=1S/C13H16N4O/c1-17(8-12(15)18)7-9-4-5-11(14)10-3-2-6-16-13(9)10/h2-6H,7-8,14H2,1H3,(H2,15,18). The van der Waals surface area contributed by atoms with Crippen molar-refractivity contribution in [3.8, 4) is 0 Å². The van der Waals surface area contributed by atoms with E-state index < -0.39 is 0 Å². The van der Waals surface area contributed by atoms with E-state index in [4.69, 9.17) is 11.5 Å². The Labute approximate surface area is 105 Å². The van der Waals surface area contributed by atoms with Crippen LogP contribution in [0.3, 0.4) is 0 Å². The number of fused-ring (bicyclic) bond motifs is 1. The molecule has 94 valence electrons. The highest BCUT2D eigenvalue weighted by Gasteiger charge is 2.08. The molecule has 2 aromatic rings. The lowest BCUT2D eigenvalue weighted by molar-refractivity contribution is -0.118. The zero-order chi connectivity index (χ0) is 13.1. The van der Waals surface area contributed by atoms with Crippen LogP contribution in [0.4, 0.5) is 5.69 Å². The summed E-state index contributed by atoms with van der Waals surface area (Å²) in [5, 5.41) is 0.933. The third-order valence-electron chi connectivity index (χ3n) is 2.75. The van der Waals surface area contributed by atoms with Gasteiger partial charge in [0.1, 0.15) is 0 Å². The molecule has 0 radical (unpaired) electrons. The van der Waals surface area contributed by atoms with Crippen LogP contribution >= 0.6 is 0 Å². The van der Waals surface area contributed by atoms with Crippen molar-refractivity contribution >= 4 is 22.5 Å². The molecule has 1 heterocycles. The number of nitrogens with two attached hydrogens (primary N) is 2. The van der Waals surface area contributed by atoms with E-state index in [9.17, 15) is 4.79 Å². The molecule has 0 atom stereocenters. The molecule has 0 fully saturated rings. The maximum absolute atomic E-state index is 10.9. The van der Waals surface area contributed by atoms with E-state index in [1.165, 1.54) is 0 Å². The van der Waals surface area contributed by atoms with Crippen LogP contribution in [0.15, 0.2) is 30.5 Å². The van der Waals surface area contributed by atoms with Gasteiger partial charge in [-0.15, -0.1) is 0 Å². The van der Waals surface area contributed by atoms with E-state index in [-0.39, 0.29) is 12.5 Å². The fourth-order valence-corrected chi connectivity index (χ4v) is 1.99. The van der Waals surface area contributed by atoms with Crippen molar-refractivity contribution in [2.45, 2.75) is 6.54 Å². The van der Waals surface area contributed by atoms with Gasteiger partial charge in [0.25, 0.3) is 0 Å². The normalized spacial score (nSPS) is 11.0. The first kappa shape index (κ1) is 12.3. The summed E-state index contributed by atoms with van der Waals surface area (Å²) in [5.74, 6) is -0.342. The van der Waals surface area contributed by atoms with Gasteiger partial charge in [0.2, 0.25) is 5.91 Å². The van der Waals surface area contributed by atoms with Crippen molar-refractivity contribution in [2.75, 3.05) is 19.3 Å². The summed E-state index contributed by atoms with van der Waals surface area (Å²) in [6.45, 7) is 0.829. The minimum atomic E-state index is -0.342. The van der Waals surface area contributed by atoms with Crippen LogP contribution in [0.1, 0.15) is 5.56 Å². The molecule has 1 amide bonds. The molecule has 0 unspecified atom stereocenters. The molecule has 5 nitrogen and oxygen atoms in total. The first-order valence-corrected chi connectivity index (χ1v) is 5.67. The quantitative estimate of drug-likeness (QED) is 0.776. The Morgan fingerprint density at radius 1 is 1.39 bits per heavy atom. The molecule has 0 bridgehead atoms. The lowest BCUT2D eigenvalue weighted by atomic mass is 10.1. The molecule has 5 heteroatoms. The number of anilines is 1. The van der Waals surface area contributed by atoms with Gasteiger partial charge in [-0.05, 0) is 30.8 Å². The first-order valence-electron chi connectivity index (χ1n) is 5.67. The predicted octanol–water partition coefficient (Wildman–Crippen LogP) is 0.734. The number of carbonyl (C=O) groups is 1. The van der Waals surface area contributed by atoms with E-state index >= 15 is 0 Å². The number of hydrogen-bond acceptors (Lipinski definition) is 4. The van der Waals surface area contributed by atoms with Crippen molar-refractivity contribution in [1.82, 2.24) is 9.88 Å². The summed E-state index contributed by atoms with van der Waals surface area (Å²) in [4.78, 5) is 17.1. The van der Waals surface area contributed by atoms with Gasteiger partial charge in [-0.25, -0.2) is 0 Å². The number of carbonyl (C=O) groups excluding carboxylic acids is 1. The zero-order valence-electron chi connectivity index (χ0n) is 10.3. The highest BCUT2D eigenvalue weighted by Crippen LogP contribution is 2.23. The monoisotopic (exact) mass is 244 g/mol. The fourth-order valence-electron chi connectivity index (χ4n) is 1.99. The second kappa shape index (κ2) is 5.01. The van der Waals surface area contributed by atoms with Crippen LogP contribution in [-0.2, 0) is 11.3 Å².